The quantitative estimate of drug-likeness (QED) is 0.249. The molecule has 0 radical (unpaired) electrons. The fourth-order valence-electron chi connectivity index (χ4n) is 4.01. The number of carbonyl (C=O) groups excluding carboxylic acids is 2. The van der Waals surface area contributed by atoms with Crippen molar-refractivity contribution in [1.29, 1.82) is 0 Å². The number of ether oxygens (including phenoxy) is 1. The predicted molar refractivity (Wildman–Crippen MR) is 131 cm³/mol. The Morgan fingerprint density at radius 1 is 1.09 bits per heavy atom. The number of amides is 1. The summed E-state index contributed by atoms with van der Waals surface area (Å²) in [6.45, 7) is 4.40. The van der Waals surface area contributed by atoms with E-state index in [9.17, 15) is 14.7 Å². The minimum absolute atomic E-state index is 0.0225. The largest absolute Gasteiger partial charge is 0.507 e. The highest BCUT2D eigenvalue weighted by molar-refractivity contribution is 7.22. The van der Waals surface area contributed by atoms with E-state index in [1.54, 1.807) is 12.1 Å². The van der Waals surface area contributed by atoms with Gasteiger partial charge in [-0.2, -0.15) is 0 Å². The third kappa shape index (κ3) is 3.72. The summed E-state index contributed by atoms with van der Waals surface area (Å²) in [5, 5.41) is 11.5. The first-order valence-electron chi connectivity index (χ1n) is 10.8. The average Bonchev–Trinajstić information content (AvgIpc) is 3.38. The minimum Gasteiger partial charge on any atom is -0.507 e. The van der Waals surface area contributed by atoms with Crippen LogP contribution in [0.1, 0.15) is 29.7 Å². The fourth-order valence-corrected chi connectivity index (χ4v) is 5.03. The predicted octanol–water partition coefficient (Wildman–Crippen LogP) is 5.02. The Morgan fingerprint density at radius 3 is 2.53 bits per heavy atom. The molecule has 8 heteroatoms. The summed E-state index contributed by atoms with van der Waals surface area (Å²) in [6.07, 6.45) is 3.05. The van der Waals surface area contributed by atoms with Crippen molar-refractivity contribution in [3.63, 3.8) is 0 Å². The maximum atomic E-state index is 13.3. The van der Waals surface area contributed by atoms with Crippen molar-refractivity contribution < 1.29 is 19.4 Å². The SMILES string of the molecule is CCOc1ccc2nc(N3C(=O)C(=O)C(=C(O)c4ccncc4)C3c3ccc(C)cc3)sc2c1. The molecule has 1 aliphatic rings. The number of nitrogens with zero attached hydrogens (tertiary/aromatic N) is 3. The molecule has 0 bridgehead atoms. The van der Waals surface area contributed by atoms with Crippen molar-refractivity contribution in [2.24, 2.45) is 0 Å². The Labute approximate surface area is 200 Å². The molecule has 4 aromatic rings. The molecular formula is C26H21N3O4S. The number of hydrogen-bond donors (Lipinski definition) is 1. The van der Waals surface area contributed by atoms with E-state index in [0.717, 1.165) is 10.3 Å². The Bertz CT molecular complexity index is 1430. The van der Waals surface area contributed by atoms with E-state index in [-0.39, 0.29) is 11.3 Å². The van der Waals surface area contributed by atoms with Gasteiger partial charge in [0.15, 0.2) is 5.13 Å². The molecular weight excluding hydrogens is 450 g/mol. The van der Waals surface area contributed by atoms with E-state index in [2.05, 4.69) is 9.97 Å². The topological polar surface area (TPSA) is 92.6 Å². The number of carbonyl (C=O) groups is 2. The van der Waals surface area contributed by atoms with Gasteiger partial charge in [-0.3, -0.25) is 19.5 Å². The molecule has 2 aromatic heterocycles. The van der Waals surface area contributed by atoms with Gasteiger partial charge in [0.1, 0.15) is 11.5 Å². The van der Waals surface area contributed by atoms with Gasteiger partial charge in [-0.1, -0.05) is 41.2 Å². The fraction of sp³-hybridized carbons (Fsp3) is 0.154. The Balaban J connectivity index is 1.69. The van der Waals surface area contributed by atoms with Gasteiger partial charge in [0.25, 0.3) is 5.78 Å². The number of anilines is 1. The number of Topliss-reactive ketones (excluding diaryl/α,β-unsaturated/α-hetero) is 1. The number of aliphatic hydroxyl groups is 1. The van der Waals surface area contributed by atoms with E-state index in [1.165, 1.54) is 28.6 Å². The molecule has 0 aliphatic carbocycles. The molecule has 170 valence electrons. The van der Waals surface area contributed by atoms with Crippen molar-refractivity contribution in [3.05, 3.63) is 89.3 Å². The number of pyridine rings is 1. The first-order valence-corrected chi connectivity index (χ1v) is 11.6. The third-order valence-electron chi connectivity index (χ3n) is 5.66. The lowest BCUT2D eigenvalue weighted by Crippen LogP contribution is -2.29. The van der Waals surface area contributed by atoms with E-state index in [0.29, 0.717) is 34.1 Å². The zero-order valence-electron chi connectivity index (χ0n) is 18.6. The van der Waals surface area contributed by atoms with Crippen LogP contribution in [0.2, 0.25) is 0 Å². The van der Waals surface area contributed by atoms with Gasteiger partial charge in [-0.25, -0.2) is 4.98 Å². The van der Waals surface area contributed by atoms with Gasteiger partial charge >= 0.3 is 5.91 Å². The standard InChI is InChI=1S/C26H21N3O4S/c1-3-33-18-8-9-19-20(14-18)34-26(28-19)29-22(16-6-4-15(2)5-7-16)21(24(31)25(29)32)23(30)17-10-12-27-13-11-17/h4-14,22,30H,3H2,1-2H3. The first kappa shape index (κ1) is 21.8. The third-order valence-corrected chi connectivity index (χ3v) is 6.67. The summed E-state index contributed by atoms with van der Waals surface area (Å²) in [6, 6.07) is 15.4. The molecule has 1 unspecified atom stereocenters. The van der Waals surface area contributed by atoms with Gasteiger partial charge in [0.05, 0.1) is 28.4 Å². The zero-order chi connectivity index (χ0) is 23.8. The van der Waals surface area contributed by atoms with E-state index in [1.807, 2.05) is 56.3 Å². The molecule has 1 N–H and O–H groups in total. The van der Waals surface area contributed by atoms with Crippen LogP contribution in [0.25, 0.3) is 16.0 Å². The summed E-state index contributed by atoms with van der Waals surface area (Å²) in [5.74, 6) is -1.02. The number of aryl methyl sites for hydroxylation is 1. The second kappa shape index (κ2) is 8.72. The summed E-state index contributed by atoms with van der Waals surface area (Å²) < 4.78 is 6.42. The molecule has 0 saturated carbocycles. The number of benzene rings is 2. The van der Waals surface area contributed by atoms with Gasteiger partial charge in [-0.05, 0) is 49.7 Å². The second-order valence-electron chi connectivity index (χ2n) is 7.87. The van der Waals surface area contributed by atoms with Crippen LogP contribution in [-0.2, 0) is 9.59 Å². The van der Waals surface area contributed by atoms with Gasteiger partial charge in [0, 0.05) is 18.0 Å². The molecule has 34 heavy (non-hydrogen) atoms. The normalized spacial score (nSPS) is 17.5. The second-order valence-corrected chi connectivity index (χ2v) is 8.88. The highest BCUT2D eigenvalue weighted by Gasteiger charge is 2.48. The van der Waals surface area contributed by atoms with Crippen molar-refractivity contribution in [2.45, 2.75) is 19.9 Å². The minimum atomic E-state index is -0.819. The van der Waals surface area contributed by atoms with Crippen LogP contribution in [0.4, 0.5) is 5.13 Å². The molecule has 0 spiro atoms. The van der Waals surface area contributed by atoms with Crippen molar-refractivity contribution >= 4 is 44.1 Å². The molecule has 1 atom stereocenters. The summed E-state index contributed by atoms with van der Waals surface area (Å²) >= 11 is 1.30. The number of thiazole rings is 1. The lowest BCUT2D eigenvalue weighted by atomic mass is 9.95. The highest BCUT2D eigenvalue weighted by Crippen LogP contribution is 2.44. The van der Waals surface area contributed by atoms with Crippen molar-refractivity contribution in [3.8, 4) is 5.75 Å². The molecule has 3 heterocycles. The van der Waals surface area contributed by atoms with Crippen LogP contribution in [0.5, 0.6) is 5.75 Å². The van der Waals surface area contributed by atoms with Crippen molar-refractivity contribution in [1.82, 2.24) is 9.97 Å². The summed E-state index contributed by atoms with van der Waals surface area (Å²) in [4.78, 5) is 36.5. The Hall–Kier alpha value is -4.04. The summed E-state index contributed by atoms with van der Waals surface area (Å²) in [7, 11) is 0. The van der Waals surface area contributed by atoms with Crippen LogP contribution in [0.3, 0.4) is 0 Å². The van der Waals surface area contributed by atoms with Gasteiger partial charge in [0.2, 0.25) is 0 Å². The lowest BCUT2D eigenvalue weighted by Gasteiger charge is -2.23. The average molecular weight is 472 g/mol. The number of fused-ring (bicyclic) bond motifs is 1. The van der Waals surface area contributed by atoms with E-state index >= 15 is 0 Å². The van der Waals surface area contributed by atoms with Crippen LogP contribution in [-0.4, -0.2) is 33.4 Å². The zero-order valence-corrected chi connectivity index (χ0v) is 19.4. The smallest absolute Gasteiger partial charge is 0.301 e. The highest BCUT2D eigenvalue weighted by atomic mass is 32.1. The van der Waals surface area contributed by atoms with Crippen molar-refractivity contribution in [2.75, 3.05) is 11.5 Å². The maximum absolute atomic E-state index is 13.3. The molecule has 1 fully saturated rings. The molecule has 1 amide bonds. The lowest BCUT2D eigenvalue weighted by molar-refractivity contribution is -0.132. The van der Waals surface area contributed by atoms with Crippen LogP contribution in [0, 0.1) is 6.92 Å². The molecule has 2 aromatic carbocycles. The number of ketones is 1. The molecule has 7 nitrogen and oxygen atoms in total. The number of hydrogen-bond acceptors (Lipinski definition) is 7. The van der Waals surface area contributed by atoms with E-state index in [4.69, 9.17) is 4.74 Å². The maximum Gasteiger partial charge on any atom is 0.301 e. The summed E-state index contributed by atoms with van der Waals surface area (Å²) in [5.41, 5.74) is 2.88. The Kier molecular flexibility index (Phi) is 5.59. The van der Waals surface area contributed by atoms with Crippen LogP contribution in [0.15, 0.2) is 72.6 Å². The van der Waals surface area contributed by atoms with Gasteiger partial charge < -0.3 is 9.84 Å². The number of rotatable bonds is 5. The van der Waals surface area contributed by atoms with Gasteiger partial charge in [-0.15, -0.1) is 0 Å². The molecule has 1 aliphatic heterocycles. The molecule has 1 saturated heterocycles. The van der Waals surface area contributed by atoms with Crippen LogP contribution >= 0.6 is 11.3 Å². The molecule has 5 rings (SSSR count). The first-order chi connectivity index (χ1) is 16.5. The Morgan fingerprint density at radius 2 is 1.82 bits per heavy atom. The van der Waals surface area contributed by atoms with E-state index < -0.39 is 17.7 Å². The monoisotopic (exact) mass is 471 g/mol. The van der Waals surface area contributed by atoms with Crippen LogP contribution < -0.4 is 9.64 Å². The number of aromatic nitrogens is 2. The number of aliphatic hydroxyl groups excluding tert-OH is 1.